The van der Waals surface area contributed by atoms with Gasteiger partial charge in [-0.2, -0.15) is 0 Å². The Hall–Kier alpha value is -1.35. The van der Waals surface area contributed by atoms with Crippen LogP contribution in [0.25, 0.3) is 0 Å². The molecule has 2 unspecified atom stereocenters. The lowest BCUT2D eigenvalue weighted by Gasteiger charge is -2.27. The van der Waals surface area contributed by atoms with Gasteiger partial charge in [0.15, 0.2) is 0 Å². The van der Waals surface area contributed by atoms with Crippen molar-refractivity contribution in [3.8, 4) is 0 Å². The molecule has 20 heavy (non-hydrogen) atoms. The number of carbonyl (C=O) groups excluding carboxylic acids is 1. The van der Waals surface area contributed by atoms with Crippen molar-refractivity contribution in [1.29, 1.82) is 0 Å². The highest BCUT2D eigenvalue weighted by molar-refractivity contribution is 5.80. The first-order valence-electron chi connectivity index (χ1n) is 7.74. The van der Waals surface area contributed by atoms with Gasteiger partial charge in [-0.1, -0.05) is 29.8 Å². The molecule has 1 saturated carbocycles. The van der Waals surface area contributed by atoms with Crippen molar-refractivity contribution >= 4 is 5.91 Å². The fourth-order valence-corrected chi connectivity index (χ4v) is 3.07. The van der Waals surface area contributed by atoms with Crippen LogP contribution in [-0.2, 0) is 11.3 Å². The molecule has 0 bridgehead atoms. The maximum Gasteiger partial charge on any atom is 0.227 e. The van der Waals surface area contributed by atoms with Crippen molar-refractivity contribution < 1.29 is 4.79 Å². The molecule has 1 N–H and O–H groups in total. The largest absolute Gasteiger partial charge is 0.335 e. The van der Waals surface area contributed by atoms with E-state index in [-0.39, 0.29) is 5.92 Å². The van der Waals surface area contributed by atoms with E-state index in [1.807, 2.05) is 0 Å². The Labute approximate surface area is 121 Å². The number of benzene rings is 1. The molecule has 0 aromatic heterocycles. The van der Waals surface area contributed by atoms with Crippen LogP contribution in [0.2, 0.25) is 0 Å². The molecule has 2 atom stereocenters. The van der Waals surface area contributed by atoms with Crippen molar-refractivity contribution in [3.63, 3.8) is 0 Å². The number of aryl methyl sites for hydroxylation is 1. The molecule has 1 heterocycles. The molecule has 3 heteroatoms. The summed E-state index contributed by atoms with van der Waals surface area (Å²) in [5, 5.41) is 3.39. The van der Waals surface area contributed by atoms with Crippen LogP contribution < -0.4 is 5.32 Å². The minimum absolute atomic E-state index is 0.168. The minimum Gasteiger partial charge on any atom is -0.335 e. The van der Waals surface area contributed by atoms with Gasteiger partial charge < -0.3 is 10.2 Å². The van der Waals surface area contributed by atoms with Crippen LogP contribution in [0.15, 0.2) is 24.3 Å². The van der Waals surface area contributed by atoms with Crippen LogP contribution in [-0.4, -0.2) is 29.4 Å². The van der Waals surface area contributed by atoms with E-state index in [1.54, 1.807) is 0 Å². The van der Waals surface area contributed by atoms with Crippen LogP contribution >= 0.6 is 0 Å². The first-order chi connectivity index (χ1) is 9.65. The zero-order chi connectivity index (χ0) is 14.1. The van der Waals surface area contributed by atoms with Gasteiger partial charge in [0.2, 0.25) is 5.91 Å². The molecule has 1 aliphatic carbocycles. The second-order valence-corrected chi connectivity index (χ2v) is 6.32. The lowest BCUT2D eigenvalue weighted by molar-refractivity contribution is -0.137. The van der Waals surface area contributed by atoms with Crippen molar-refractivity contribution in [3.05, 3.63) is 35.4 Å². The fourth-order valence-electron chi connectivity index (χ4n) is 3.07. The highest BCUT2D eigenvalue weighted by Crippen LogP contribution is 2.31. The zero-order valence-corrected chi connectivity index (χ0v) is 12.4. The van der Waals surface area contributed by atoms with Gasteiger partial charge in [-0.3, -0.25) is 4.79 Å². The first kappa shape index (κ1) is 13.6. The Morgan fingerprint density at radius 1 is 1.25 bits per heavy atom. The SMILES string of the molecule is Cc1ccc(CN(C(=O)C2CCNC2C)C2CC2)cc1. The highest BCUT2D eigenvalue weighted by Gasteiger charge is 2.39. The van der Waals surface area contributed by atoms with Gasteiger partial charge in [-0.25, -0.2) is 0 Å². The number of amides is 1. The number of carbonyl (C=O) groups is 1. The molecule has 1 amide bonds. The van der Waals surface area contributed by atoms with Crippen molar-refractivity contribution in [2.24, 2.45) is 5.92 Å². The monoisotopic (exact) mass is 272 g/mol. The van der Waals surface area contributed by atoms with E-state index in [1.165, 1.54) is 24.0 Å². The topological polar surface area (TPSA) is 32.3 Å². The summed E-state index contributed by atoms with van der Waals surface area (Å²) >= 11 is 0. The summed E-state index contributed by atoms with van der Waals surface area (Å²) < 4.78 is 0. The highest BCUT2D eigenvalue weighted by atomic mass is 16.2. The average Bonchev–Trinajstić information content (AvgIpc) is 3.19. The number of hydrogen-bond donors (Lipinski definition) is 1. The molecule has 3 nitrogen and oxygen atoms in total. The average molecular weight is 272 g/mol. The van der Waals surface area contributed by atoms with Crippen molar-refractivity contribution in [2.75, 3.05) is 6.54 Å². The number of hydrogen-bond acceptors (Lipinski definition) is 2. The molecule has 1 aromatic rings. The Morgan fingerprint density at radius 3 is 2.50 bits per heavy atom. The van der Waals surface area contributed by atoms with Crippen LogP contribution in [0, 0.1) is 12.8 Å². The molecule has 3 rings (SSSR count). The van der Waals surface area contributed by atoms with E-state index >= 15 is 0 Å². The third-order valence-electron chi connectivity index (χ3n) is 4.59. The second-order valence-electron chi connectivity index (χ2n) is 6.32. The van der Waals surface area contributed by atoms with E-state index < -0.39 is 0 Å². The molecular formula is C17H24N2O. The summed E-state index contributed by atoms with van der Waals surface area (Å²) in [6, 6.07) is 9.36. The van der Waals surface area contributed by atoms with Gasteiger partial charge in [0.05, 0.1) is 5.92 Å². The van der Waals surface area contributed by atoms with Crippen molar-refractivity contribution in [2.45, 2.75) is 51.7 Å². The third-order valence-corrected chi connectivity index (χ3v) is 4.59. The summed E-state index contributed by atoms with van der Waals surface area (Å²) in [7, 11) is 0. The smallest absolute Gasteiger partial charge is 0.227 e. The molecule has 1 aliphatic heterocycles. The molecule has 2 fully saturated rings. The normalized spacial score (nSPS) is 25.7. The Kier molecular flexibility index (Phi) is 3.79. The van der Waals surface area contributed by atoms with E-state index in [0.717, 1.165) is 19.5 Å². The molecule has 1 saturated heterocycles. The van der Waals surface area contributed by atoms with Crippen LogP contribution in [0.5, 0.6) is 0 Å². The zero-order valence-electron chi connectivity index (χ0n) is 12.4. The Bertz CT molecular complexity index is 478. The van der Waals surface area contributed by atoms with Gasteiger partial charge in [0.1, 0.15) is 0 Å². The lowest BCUT2D eigenvalue weighted by Crippen LogP contribution is -2.41. The minimum atomic E-state index is 0.168. The van der Waals surface area contributed by atoms with E-state index in [2.05, 4.69) is 48.3 Å². The maximum atomic E-state index is 12.8. The lowest BCUT2D eigenvalue weighted by atomic mass is 9.99. The number of nitrogens with zero attached hydrogens (tertiary/aromatic N) is 1. The fraction of sp³-hybridized carbons (Fsp3) is 0.588. The molecule has 2 aliphatic rings. The van der Waals surface area contributed by atoms with E-state index in [4.69, 9.17) is 0 Å². The summed E-state index contributed by atoms with van der Waals surface area (Å²) in [4.78, 5) is 14.9. The van der Waals surface area contributed by atoms with E-state index in [0.29, 0.717) is 18.0 Å². The van der Waals surface area contributed by atoms with Crippen LogP contribution in [0.3, 0.4) is 0 Å². The van der Waals surface area contributed by atoms with Gasteiger partial charge in [-0.05, 0) is 45.2 Å². The molecular weight excluding hydrogens is 248 g/mol. The molecule has 0 spiro atoms. The second kappa shape index (κ2) is 5.57. The van der Waals surface area contributed by atoms with Gasteiger partial charge in [-0.15, -0.1) is 0 Å². The first-order valence-corrected chi connectivity index (χ1v) is 7.74. The van der Waals surface area contributed by atoms with E-state index in [9.17, 15) is 4.79 Å². The predicted molar refractivity (Wildman–Crippen MR) is 80.3 cm³/mol. The predicted octanol–water partition coefficient (Wildman–Crippen LogP) is 2.48. The van der Waals surface area contributed by atoms with Gasteiger partial charge >= 0.3 is 0 Å². The molecule has 108 valence electrons. The van der Waals surface area contributed by atoms with Crippen LogP contribution in [0.4, 0.5) is 0 Å². The third kappa shape index (κ3) is 2.88. The number of rotatable bonds is 4. The van der Waals surface area contributed by atoms with Gasteiger partial charge in [0, 0.05) is 18.6 Å². The van der Waals surface area contributed by atoms with Crippen LogP contribution in [0.1, 0.15) is 37.3 Å². The van der Waals surface area contributed by atoms with Crippen molar-refractivity contribution in [1.82, 2.24) is 10.2 Å². The quantitative estimate of drug-likeness (QED) is 0.913. The Balaban J connectivity index is 1.72. The summed E-state index contributed by atoms with van der Waals surface area (Å²) in [5.41, 5.74) is 2.51. The molecule has 0 radical (unpaired) electrons. The summed E-state index contributed by atoms with van der Waals surface area (Å²) in [6.07, 6.45) is 3.33. The maximum absolute atomic E-state index is 12.8. The van der Waals surface area contributed by atoms with Gasteiger partial charge in [0.25, 0.3) is 0 Å². The standard InChI is InChI=1S/C17H24N2O/c1-12-3-5-14(6-4-12)11-19(15-7-8-15)17(20)16-9-10-18-13(16)2/h3-6,13,15-16,18H,7-11H2,1-2H3. The number of nitrogens with one attached hydrogen (secondary N) is 1. The molecule has 1 aromatic carbocycles. The summed E-state index contributed by atoms with van der Waals surface area (Å²) in [5.74, 6) is 0.520. The Morgan fingerprint density at radius 2 is 1.95 bits per heavy atom. The summed E-state index contributed by atoms with van der Waals surface area (Å²) in [6.45, 7) is 5.97.